The molecular formula is C10H19NO2. The van der Waals surface area contributed by atoms with E-state index in [1.165, 1.54) is 6.08 Å². The molecule has 0 radical (unpaired) electrons. The SMILES string of the molecule is C=CCOC(=O)C(C)(N)C(C)(C)C. The van der Waals surface area contributed by atoms with Crippen LogP contribution in [0.25, 0.3) is 0 Å². The molecule has 76 valence electrons. The van der Waals surface area contributed by atoms with Gasteiger partial charge >= 0.3 is 5.97 Å². The smallest absolute Gasteiger partial charge is 0.326 e. The number of carbonyl (C=O) groups is 1. The fourth-order valence-electron chi connectivity index (χ4n) is 0.591. The maximum atomic E-state index is 11.5. The summed E-state index contributed by atoms with van der Waals surface area (Å²) >= 11 is 0. The van der Waals surface area contributed by atoms with E-state index in [0.29, 0.717) is 0 Å². The van der Waals surface area contributed by atoms with Gasteiger partial charge in [-0.15, -0.1) is 0 Å². The van der Waals surface area contributed by atoms with Crippen LogP contribution in [0.3, 0.4) is 0 Å². The lowest BCUT2D eigenvalue weighted by Crippen LogP contribution is -2.56. The monoisotopic (exact) mass is 185 g/mol. The number of carbonyl (C=O) groups excluding carboxylic acids is 1. The Balaban J connectivity index is 4.45. The molecular weight excluding hydrogens is 166 g/mol. The lowest BCUT2D eigenvalue weighted by Gasteiger charge is -2.35. The fourth-order valence-corrected chi connectivity index (χ4v) is 0.591. The molecule has 0 aromatic carbocycles. The summed E-state index contributed by atoms with van der Waals surface area (Å²) in [6.07, 6.45) is 1.52. The molecule has 0 aliphatic rings. The molecule has 0 aliphatic heterocycles. The Morgan fingerprint density at radius 1 is 1.46 bits per heavy atom. The second-order valence-corrected chi connectivity index (χ2v) is 4.34. The first-order valence-corrected chi connectivity index (χ1v) is 4.30. The highest BCUT2D eigenvalue weighted by Crippen LogP contribution is 2.28. The van der Waals surface area contributed by atoms with Crippen LogP contribution in [0.2, 0.25) is 0 Å². The first kappa shape index (κ1) is 12.2. The Hall–Kier alpha value is -0.830. The van der Waals surface area contributed by atoms with Gasteiger partial charge in [0, 0.05) is 0 Å². The lowest BCUT2D eigenvalue weighted by molar-refractivity contribution is -0.152. The van der Waals surface area contributed by atoms with Crippen LogP contribution < -0.4 is 5.73 Å². The summed E-state index contributed by atoms with van der Waals surface area (Å²) in [6, 6.07) is 0. The van der Waals surface area contributed by atoms with Gasteiger partial charge in [-0.2, -0.15) is 0 Å². The number of esters is 1. The maximum absolute atomic E-state index is 11.5. The van der Waals surface area contributed by atoms with Gasteiger partial charge in [-0.3, -0.25) is 4.79 Å². The molecule has 3 heteroatoms. The van der Waals surface area contributed by atoms with Crippen molar-refractivity contribution in [3.05, 3.63) is 12.7 Å². The van der Waals surface area contributed by atoms with Crippen LogP contribution >= 0.6 is 0 Å². The second kappa shape index (κ2) is 3.92. The molecule has 0 spiro atoms. The van der Waals surface area contributed by atoms with E-state index < -0.39 is 5.54 Å². The van der Waals surface area contributed by atoms with E-state index >= 15 is 0 Å². The summed E-state index contributed by atoms with van der Waals surface area (Å²) in [5, 5.41) is 0. The number of nitrogens with two attached hydrogens (primary N) is 1. The zero-order valence-electron chi connectivity index (χ0n) is 8.89. The van der Waals surface area contributed by atoms with Gasteiger partial charge in [0.1, 0.15) is 12.1 Å². The van der Waals surface area contributed by atoms with Gasteiger partial charge in [0.05, 0.1) is 0 Å². The Morgan fingerprint density at radius 2 is 1.92 bits per heavy atom. The summed E-state index contributed by atoms with van der Waals surface area (Å²) in [5.41, 5.74) is 4.59. The van der Waals surface area contributed by atoms with Crippen molar-refractivity contribution in [2.24, 2.45) is 11.1 Å². The third-order valence-electron chi connectivity index (χ3n) is 2.31. The average molecular weight is 185 g/mol. The summed E-state index contributed by atoms with van der Waals surface area (Å²) in [5.74, 6) is -0.389. The van der Waals surface area contributed by atoms with Crippen molar-refractivity contribution in [3.63, 3.8) is 0 Å². The molecule has 2 N–H and O–H groups in total. The van der Waals surface area contributed by atoms with E-state index in [0.717, 1.165) is 0 Å². The van der Waals surface area contributed by atoms with Gasteiger partial charge in [0.25, 0.3) is 0 Å². The second-order valence-electron chi connectivity index (χ2n) is 4.34. The summed E-state index contributed by atoms with van der Waals surface area (Å²) < 4.78 is 4.90. The highest BCUT2D eigenvalue weighted by molar-refractivity contribution is 5.81. The predicted molar refractivity (Wildman–Crippen MR) is 53.2 cm³/mol. The van der Waals surface area contributed by atoms with Crippen LogP contribution in [0.4, 0.5) is 0 Å². The van der Waals surface area contributed by atoms with E-state index in [-0.39, 0.29) is 18.0 Å². The van der Waals surface area contributed by atoms with Gasteiger partial charge in [-0.05, 0) is 12.3 Å². The third kappa shape index (κ3) is 2.84. The van der Waals surface area contributed by atoms with Crippen molar-refractivity contribution in [1.29, 1.82) is 0 Å². The number of hydrogen-bond acceptors (Lipinski definition) is 3. The normalized spacial score (nSPS) is 16.1. The minimum Gasteiger partial charge on any atom is -0.460 e. The summed E-state index contributed by atoms with van der Waals surface area (Å²) in [7, 11) is 0. The summed E-state index contributed by atoms with van der Waals surface area (Å²) in [4.78, 5) is 11.5. The van der Waals surface area contributed by atoms with Crippen molar-refractivity contribution in [2.45, 2.75) is 33.2 Å². The van der Waals surface area contributed by atoms with Crippen LogP contribution in [0.1, 0.15) is 27.7 Å². The largest absolute Gasteiger partial charge is 0.460 e. The van der Waals surface area contributed by atoms with Crippen LogP contribution in [-0.4, -0.2) is 18.1 Å². The van der Waals surface area contributed by atoms with Gasteiger partial charge in [-0.1, -0.05) is 33.4 Å². The Labute approximate surface area is 79.9 Å². The molecule has 0 saturated heterocycles. The van der Waals surface area contributed by atoms with Crippen molar-refractivity contribution in [2.75, 3.05) is 6.61 Å². The first-order valence-electron chi connectivity index (χ1n) is 4.30. The molecule has 0 bridgehead atoms. The molecule has 1 atom stereocenters. The van der Waals surface area contributed by atoms with Crippen LogP contribution in [0, 0.1) is 5.41 Å². The average Bonchev–Trinajstić information content (AvgIpc) is 1.97. The number of hydrogen-bond donors (Lipinski definition) is 1. The molecule has 0 rings (SSSR count). The minimum absolute atomic E-state index is 0.210. The van der Waals surface area contributed by atoms with E-state index in [9.17, 15) is 4.79 Å². The molecule has 0 amide bonds. The molecule has 0 saturated carbocycles. The Bertz CT molecular complexity index is 201. The van der Waals surface area contributed by atoms with Crippen LogP contribution in [-0.2, 0) is 9.53 Å². The number of rotatable bonds is 3. The molecule has 0 fully saturated rings. The molecule has 13 heavy (non-hydrogen) atoms. The zero-order valence-corrected chi connectivity index (χ0v) is 8.89. The predicted octanol–water partition coefficient (Wildman–Crippen LogP) is 1.48. The quantitative estimate of drug-likeness (QED) is 0.535. The van der Waals surface area contributed by atoms with E-state index in [4.69, 9.17) is 10.5 Å². The highest BCUT2D eigenvalue weighted by atomic mass is 16.5. The summed E-state index contributed by atoms with van der Waals surface area (Å²) in [6.45, 7) is 11.1. The molecule has 0 aromatic rings. The minimum atomic E-state index is -0.962. The molecule has 0 heterocycles. The molecule has 1 unspecified atom stereocenters. The van der Waals surface area contributed by atoms with E-state index in [1.54, 1.807) is 6.92 Å². The standard InChI is InChI=1S/C10H19NO2/c1-6-7-13-8(12)10(5,11)9(2,3)4/h6H,1,7,11H2,2-5H3. The molecule has 3 nitrogen and oxygen atoms in total. The fraction of sp³-hybridized carbons (Fsp3) is 0.700. The Kier molecular flexibility index (Phi) is 3.67. The van der Waals surface area contributed by atoms with Crippen LogP contribution in [0.5, 0.6) is 0 Å². The van der Waals surface area contributed by atoms with Crippen molar-refractivity contribution in [1.82, 2.24) is 0 Å². The van der Waals surface area contributed by atoms with Crippen molar-refractivity contribution >= 4 is 5.97 Å². The van der Waals surface area contributed by atoms with Gasteiger partial charge in [-0.25, -0.2) is 0 Å². The van der Waals surface area contributed by atoms with E-state index in [1.807, 2.05) is 20.8 Å². The molecule has 0 aliphatic carbocycles. The maximum Gasteiger partial charge on any atom is 0.326 e. The van der Waals surface area contributed by atoms with Gasteiger partial charge in [0.2, 0.25) is 0 Å². The van der Waals surface area contributed by atoms with Gasteiger partial charge in [0.15, 0.2) is 0 Å². The lowest BCUT2D eigenvalue weighted by atomic mass is 9.76. The Morgan fingerprint density at radius 3 is 2.23 bits per heavy atom. The number of ether oxygens (including phenoxy) is 1. The highest BCUT2D eigenvalue weighted by Gasteiger charge is 2.41. The van der Waals surface area contributed by atoms with Crippen LogP contribution in [0.15, 0.2) is 12.7 Å². The van der Waals surface area contributed by atoms with Crippen molar-refractivity contribution < 1.29 is 9.53 Å². The van der Waals surface area contributed by atoms with E-state index in [2.05, 4.69) is 6.58 Å². The topological polar surface area (TPSA) is 52.3 Å². The third-order valence-corrected chi connectivity index (χ3v) is 2.31. The van der Waals surface area contributed by atoms with Gasteiger partial charge < -0.3 is 10.5 Å². The molecule has 0 aromatic heterocycles. The zero-order chi connectivity index (χ0) is 10.7. The van der Waals surface area contributed by atoms with Crippen molar-refractivity contribution in [3.8, 4) is 0 Å². The first-order chi connectivity index (χ1) is 5.73.